The third-order valence-corrected chi connectivity index (χ3v) is 3.82. The minimum Gasteiger partial charge on any atom is -0.294 e. The SMILES string of the molecule is O=C1CCc2cc(-c3cccc4[nH]ncc34)ccc21. The van der Waals surface area contributed by atoms with Crippen LogP contribution in [-0.4, -0.2) is 16.0 Å². The summed E-state index contributed by atoms with van der Waals surface area (Å²) in [6, 6.07) is 12.3. The van der Waals surface area contributed by atoms with Crippen LogP contribution < -0.4 is 0 Å². The van der Waals surface area contributed by atoms with Gasteiger partial charge in [-0.25, -0.2) is 0 Å². The number of benzene rings is 2. The van der Waals surface area contributed by atoms with Gasteiger partial charge in [-0.1, -0.05) is 30.3 Å². The maximum atomic E-state index is 11.7. The summed E-state index contributed by atoms with van der Waals surface area (Å²) in [5.74, 6) is 0.267. The molecule has 0 saturated heterocycles. The Bertz CT molecular complexity index is 801. The van der Waals surface area contributed by atoms with Gasteiger partial charge in [-0.15, -0.1) is 0 Å². The highest BCUT2D eigenvalue weighted by molar-refractivity contribution is 6.02. The first-order chi connectivity index (χ1) is 9.33. The van der Waals surface area contributed by atoms with Crippen molar-refractivity contribution in [1.82, 2.24) is 10.2 Å². The van der Waals surface area contributed by atoms with E-state index in [2.05, 4.69) is 22.3 Å². The number of H-pyrrole nitrogens is 1. The van der Waals surface area contributed by atoms with Crippen LogP contribution >= 0.6 is 0 Å². The van der Waals surface area contributed by atoms with Gasteiger partial charge in [0.2, 0.25) is 0 Å². The Kier molecular flexibility index (Phi) is 2.09. The molecule has 1 aromatic heterocycles. The van der Waals surface area contributed by atoms with Crippen LogP contribution in [0.25, 0.3) is 22.0 Å². The van der Waals surface area contributed by atoms with E-state index in [9.17, 15) is 4.79 Å². The molecule has 4 rings (SSSR count). The first-order valence-electron chi connectivity index (χ1n) is 6.41. The van der Waals surface area contributed by atoms with Gasteiger partial charge in [0.1, 0.15) is 0 Å². The lowest BCUT2D eigenvalue weighted by Crippen LogP contribution is -1.91. The summed E-state index contributed by atoms with van der Waals surface area (Å²) >= 11 is 0. The molecule has 0 bridgehead atoms. The number of nitrogens with one attached hydrogen (secondary N) is 1. The molecule has 3 aromatic rings. The third-order valence-electron chi connectivity index (χ3n) is 3.82. The normalized spacial score (nSPS) is 14.0. The summed E-state index contributed by atoms with van der Waals surface area (Å²) in [5, 5.41) is 8.20. The molecule has 92 valence electrons. The number of carbonyl (C=O) groups excluding carboxylic acids is 1. The topological polar surface area (TPSA) is 45.8 Å². The fourth-order valence-electron chi connectivity index (χ4n) is 2.84. The average Bonchev–Trinajstić information content (AvgIpc) is 3.05. The molecule has 3 nitrogen and oxygen atoms in total. The van der Waals surface area contributed by atoms with Gasteiger partial charge < -0.3 is 0 Å². The van der Waals surface area contributed by atoms with Crippen molar-refractivity contribution in [2.45, 2.75) is 12.8 Å². The molecule has 3 heteroatoms. The molecule has 2 aromatic carbocycles. The van der Waals surface area contributed by atoms with Crippen LogP contribution in [-0.2, 0) is 6.42 Å². The van der Waals surface area contributed by atoms with Gasteiger partial charge in [0, 0.05) is 17.4 Å². The van der Waals surface area contributed by atoms with Gasteiger partial charge in [0.15, 0.2) is 5.78 Å². The van der Waals surface area contributed by atoms with Crippen LogP contribution in [0.1, 0.15) is 22.3 Å². The van der Waals surface area contributed by atoms with Crippen molar-refractivity contribution in [3.8, 4) is 11.1 Å². The second-order valence-corrected chi connectivity index (χ2v) is 4.93. The van der Waals surface area contributed by atoms with Gasteiger partial charge in [0.25, 0.3) is 0 Å². The van der Waals surface area contributed by atoms with E-state index in [1.807, 2.05) is 30.5 Å². The van der Waals surface area contributed by atoms with Crippen LogP contribution in [0.3, 0.4) is 0 Å². The van der Waals surface area contributed by atoms with Crippen molar-refractivity contribution in [2.24, 2.45) is 0 Å². The monoisotopic (exact) mass is 248 g/mol. The minimum atomic E-state index is 0.267. The van der Waals surface area contributed by atoms with E-state index in [1.165, 1.54) is 5.56 Å². The first-order valence-corrected chi connectivity index (χ1v) is 6.41. The quantitative estimate of drug-likeness (QED) is 0.717. The van der Waals surface area contributed by atoms with Gasteiger partial charge in [-0.2, -0.15) is 5.10 Å². The number of nitrogens with zero attached hydrogens (tertiary/aromatic N) is 1. The maximum absolute atomic E-state index is 11.7. The Hall–Kier alpha value is -2.42. The summed E-state index contributed by atoms with van der Waals surface area (Å²) in [4.78, 5) is 11.7. The minimum absolute atomic E-state index is 0.267. The average molecular weight is 248 g/mol. The number of ketones is 1. The predicted molar refractivity (Wildman–Crippen MR) is 74.2 cm³/mol. The Morgan fingerprint density at radius 2 is 2.00 bits per heavy atom. The molecule has 0 saturated carbocycles. The lowest BCUT2D eigenvalue weighted by atomic mass is 9.98. The largest absolute Gasteiger partial charge is 0.294 e. The Balaban J connectivity index is 1.93. The Labute approximate surface area is 110 Å². The van der Waals surface area contributed by atoms with Crippen molar-refractivity contribution in [2.75, 3.05) is 0 Å². The zero-order valence-electron chi connectivity index (χ0n) is 10.3. The second-order valence-electron chi connectivity index (χ2n) is 4.93. The number of rotatable bonds is 1. The molecule has 0 atom stereocenters. The molecule has 1 aliphatic carbocycles. The maximum Gasteiger partial charge on any atom is 0.163 e. The molecule has 0 amide bonds. The predicted octanol–water partition coefficient (Wildman–Crippen LogP) is 3.36. The van der Waals surface area contributed by atoms with Crippen LogP contribution in [0.5, 0.6) is 0 Å². The number of hydrogen-bond donors (Lipinski definition) is 1. The first kappa shape index (κ1) is 10.5. The molecule has 1 heterocycles. The van der Waals surface area contributed by atoms with Crippen molar-refractivity contribution in [1.29, 1.82) is 0 Å². The summed E-state index contributed by atoms with van der Waals surface area (Å²) < 4.78 is 0. The van der Waals surface area contributed by atoms with Crippen molar-refractivity contribution in [3.05, 3.63) is 53.7 Å². The number of hydrogen-bond acceptors (Lipinski definition) is 2. The number of aromatic amines is 1. The van der Waals surface area contributed by atoms with Crippen LogP contribution in [0.4, 0.5) is 0 Å². The number of Topliss-reactive ketones (excluding diaryl/α,β-unsaturated/α-hetero) is 1. The molecular weight excluding hydrogens is 236 g/mol. The number of fused-ring (bicyclic) bond motifs is 2. The fourth-order valence-corrected chi connectivity index (χ4v) is 2.84. The number of carbonyl (C=O) groups is 1. The highest BCUT2D eigenvalue weighted by atomic mass is 16.1. The van der Waals surface area contributed by atoms with Crippen molar-refractivity contribution >= 4 is 16.7 Å². The van der Waals surface area contributed by atoms with Gasteiger partial charge >= 0.3 is 0 Å². The highest BCUT2D eigenvalue weighted by Gasteiger charge is 2.19. The molecule has 0 spiro atoms. The zero-order chi connectivity index (χ0) is 12.8. The lowest BCUT2D eigenvalue weighted by molar-refractivity contribution is 0.0994. The molecule has 1 aliphatic rings. The van der Waals surface area contributed by atoms with Crippen LogP contribution in [0.2, 0.25) is 0 Å². The van der Waals surface area contributed by atoms with E-state index in [0.29, 0.717) is 6.42 Å². The molecule has 0 radical (unpaired) electrons. The van der Waals surface area contributed by atoms with Crippen molar-refractivity contribution in [3.63, 3.8) is 0 Å². The molecule has 0 unspecified atom stereocenters. The van der Waals surface area contributed by atoms with E-state index in [-0.39, 0.29) is 5.78 Å². The molecule has 19 heavy (non-hydrogen) atoms. The molecular formula is C16H12N2O. The van der Waals surface area contributed by atoms with Gasteiger partial charge in [0.05, 0.1) is 11.7 Å². The summed E-state index contributed by atoms with van der Waals surface area (Å²) in [6.45, 7) is 0. The number of aryl methyl sites for hydroxylation is 1. The lowest BCUT2D eigenvalue weighted by Gasteiger charge is -2.06. The zero-order valence-corrected chi connectivity index (χ0v) is 10.3. The van der Waals surface area contributed by atoms with E-state index in [0.717, 1.165) is 34.0 Å². The third kappa shape index (κ3) is 1.51. The fraction of sp³-hybridized carbons (Fsp3) is 0.125. The summed E-state index contributed by atoms with van der Waals surface area (Å²) in [7, 11) is 0. The smallest absolute Gasteiger partial charge is 0.163 e. The van der Waals surface area contributed by atoms with E-state index in [1.54, 1.807) is 0 Å². The Morgan fingerprint density at radius 3 is 2.95 bits per heavy atom. The second kappa shape index (κ2) is 3.79. The van der Waals surface area contributed by atoms with Gasteiger partial charge in [-0.05, 0) is 29.2 Å². The number of aromatic nitrogens is 2. The van der Waals surface area contributed by atoms with E-state index in [4.69, 9.17) is 0 Å². The van der Waals surface area contributed by atoms with Gasteiger partial charge in [-0.3, -0.25) is 9.89 Å². The summed E-state index contributed by atoms with van der Waals surface area (Å²) in [6.07, 6.45) is 3.36. The van der Waals surface area contributed by atoms with E-state index < -0.39 is 0 Å². The molecule has 0 fully saturated rings. The van der Waals surface area contributed by atoms with Crippen molar-refractivity contribution < 1.29 is 4.79 Å². The van der Waals surface area contributed by atoms with E-state index >= 15 is 0 Å². The molecule has 1 N–H and O–H groups in total. The standard InChI is InChI=1S/C16H12N2O/c19-16-7-5-11-8-10(4-6-13(11)16)12-2-1-3-15-14(12)9-17-18-15/h1-4,6,8-9H,5,7H2,(H,17,18). The van der Waals surface area contributed by atoms with Crippen LogP contribution in [0.15, 0.2) is 42.6 Å². The highest BCUT2D eigenvalue weighted by Crippen LogP contribution is 2.31. The Morgan fingerprint density at radius 1 is 1.05 bits per heavy atom. The summed E-state index contributed by atoms with van der Waals surface area (Å²) in [5.41, 5.74) is 5.41. The van der Waals surface area contributed by atoms with Crippen LogP contribution in [0, 0.1) is 0 Å². The molecule has 0 aliphatic heterocycles.